The van der Waals surface area contributed by atoms with E-state index in [1.165, 1.54) is 12.1 Å². The van der Waals surface area contributed by atoms with E-state index in [9.17, 15) is 4.39 Å². The van der Waals surface area contributed by atoms with E-state index in [0.29, 0.717) is 13.2 Å². The molecule has 2 rings (SSSR count). The van der Waals surface area contributed by atoms with Crippen LogP contribution in [-0.4, -0.2) is 43.0 Å². The number of hydrogen-bond acceptors (Lipinski definition) is 5. The molecule has 0 radical (unpaired) electrons. The SMILES string of the molecule is OCCOCCNCCc1nc(-c2ccc(F)cc2)cs1. The molecule has 0 bridgehead atoms. The summed E-state index contributed by atoms with van der Waals surface area (Å²) in [6, 6.07) is 6.38. The van der Waals surface area contributed by atoms with Crippen LogP contribution in [0.2, 0.25) is 0 Å². The molecule has 0 saturated heterocycles. The molecule has 0 atom stereocenters. The Morgan fingerprint density at radius 2 is 2.00 bits per heavy atom. The van der Waals surface area contributed by atoms with Crippen molar-refractivity contribution in [1.29, 1.82) is 0 Å². The summed E-state index contributed by atoms with van der Waals surface area (Å²) >= 11 is 1.61. The lowest BCUT2D eigenvalue weighted by Gasteiger charge is -2.03. The second kappa shape index (κ2) is 8.84. The molecular weight excluding hydrogens is 291 g/mol. The maximum absolute atomic E-state index is 12.9. The van der Waals surface area contributed by atoms with E-state index in [0.717, 1.165) is 35.8 Å². The number of hydrogen-bond donors (Lipinski definition) is 2. The fourth-order valence-electron chi connectivity index (χ4n) is 1.81. The van der Waals surface area contributed by atoms with Crippen molar-refractivity contribution in [2.45, 2.75) is 6.42 Å². The molecule has 1 aromatic heterocycles. The second-order valence-electron chi connectivity index (χ2n) is 4.47. The molecular formula is C15H19FN2O2S. The molecule has 0 saturated carbocycles. The van der Waals surface area contributed by atoms with Crippen LogP contribution in [0.4, 0.5) is 4.39 Å². The predicted molar refractivity (Wildman–Crippen MR) is 82.0 cm³/mol. The van der Waals surface area contributed by atoms with Crippen LogP contribution >= 0.6 is 11.3 Å². The molecule has 0 spiro atoms. The average Bonchev–Trinajstić information content (AvgIpc) is 2.96. The Labute approximate surface area is 127 Å². The van der Waals surface area contributed by atoms with Crippen molar-refractivity contribution < 1.29 is 14.2 Å². The summed E-state index contributed by atoms with van der Waals surface area (Å²) in [4.78, 5) is 4.55. The Hall–Kier alpha value is -1.34. The molecule has 0 aliphatic heterocycles. The highest BCUT2D eigenvalue weighted by atomic mass is 32.1. The van der Waals surface area contributed by atoms with Gasteiger partial charge in [0.1, 0.15) is 5.82 Å². The molecule has 0 amide bonds. The Balaban J connectivity index is 1.72. The lowest BCUT2D eigenvalue weighted by molar-refractivity contribution is 0.0940. The first-order chi connectivity index (χ1) is 10.3. The Morgan fingerprint density at radius 1 is 1.19 bits per heavy atom. The molecule has 0 aliphatic rings. The Morgan fingerprint density at radius 3 is 2.76 bits per heavy atom. The minimum Gasteiger partial charge on any atom is -0.394 e. The van der Waals surface area contributed by atoms with Crippen LogP contribution in [0, 0.1) is 5.82 Å². The number of nitrogens with zero attached hydrogens (tertiary/aromatic N) is 1. The van der Waals surface area contributed by atoms with Crippen molar-refractivity contribution >= 4 is 11.3 Å². The summed E-state index contributed by atoms with van der Waals surface area (Å²) in [7, 11) is 0. The van der Waals surface area contributed by atoms with Gasteiger partial charge in [-0.1, -0.05) is 0 Å². The van der Waals surface area contributed by atoms with Gasteiger partial charge in [0, 0.05) is 30.5 Å². The summed E-state index contributed by atoms with van der Waals surface area (Å²) in [5.74, 6) is -0.234. The highest BCUT2D eigenvalue weighted by molar-refractivity contribution is 7.09. The number of aliphatic hydroxyl groups is 1. The van der Waals surface area contributed by atoms with Gasteiger partial charge in [-0.2, -0.15) is 0 Å². The van der Waals surface area contributed by atoms with Crippen molar-refractivity contribution in [3.8, 4) is 11.3 Å². The van der Waals surface area contributed by atoms with Gasteiger partial charge in [0.05, 0.1) is 30.5 Å². The third-order valence-corrected chi connectivity index (χ3v) is 3.77. The first-order valence-electron chi connectivity index (χ1n) is 6.89. The zero-order chi connectivity index (χ0) is 14.9. The zero-order valence-electron chi connectivity index (χ0n) is 11.7. The summed E-state index contributed by atoms with van der Waals surface area (Å²) in [5, 5.41) is 14.9. The largest absolute Gasteiger partial charge is 0.394 e. The molecule has 21 heavy (non-hydrogen) atoms. The fraction of sp³-hybridized carbons (Fsp3) is 0.400. The average molecular weight is 310 g/mol. The second-order valence-corrected chi connectivity index (χ2v) is 5.41. The first-order valence-corrected chi connectivity index (χ1v) is 7.77. The topological polar surface area (TPSA) is 54.4 Å². The molecule has 1 aromatic carbocycles. The van der Waals surface area contributed by atoms with Gasteiger partial charge >= 0.3 is 0 Å². The molecule has 6 heteroatoms. The van der Waals surface area contributed by atoms with Gasteiger partial charge in [-0.05, 0) is 24.3 Å². The minimum atomic E-state index is -0.234. The molecule has 0 unspecified atom stereocenters. The summed E-state index contributed by atoms with van der Waals surface area (Å²) in [6.07, 6.45) is 0.853. The van der Waals surface area contributed by atoms with Crippen molar-refractivity contribution in [2.75, 3.05) is 32.9 Å². The Kier molecular flexibility index (Phi) is 6.75. The van der Waals surface area contributed by atoms with E-state index in [1.807, 2.05) is 5.38 Å². The summed E-state index contributed by atoms with van der Waals surface area (Å²) in [6.45, 7) is 2.63. The van der Waals surface area contributed by atoms with Gasteiger partial charge in [0.25, 0.3) is 0 Å². The smallest absolute Gasteiger partial charge is 0.123 e. The third-order valence-electron chi connectivity index (χ3n) is 2.87. The molecule has 0 fully saturated rings. The highest BCUT2D eigenvalue weighted by Crippen LogP contribution is 2.22. The highest BCUT2D eigenvalue weighted by Gasteiger charge is 2.04. The van der Waals surface area contributed by atoms with Gasteiger partial charge in [0.15, 0.2) is 0 Å². The van der Waals surface area contributed by atoms with Crippen LogP contribution in [0.1, 0.15) is 5.01 Å². The fourth-order valence-corrected chi connectivity index (χ4v) is 2.62. The number of ether oxygens (including phenoxy) is 1. The maximum Gasteiger partial charge on any atom is 0.123 e. The van der Waals surface area contributed by atoms with Crippen LogP contribution in [0.25, 0.3) is 11.3 Å². The van der Waals surface area contributed by atoms with Gasteiger partial charge in [0.2, 0.25) is 0 Å². The van der Waals surface area contributed by atoms with Gasteiger partial charge in [-0.15, -0.1) is 11.3 Å². The number of aromatic nitrogens is 1. The van der Waals surface area contributed by atoms with E-state index in [1.54, 1.807) is 23.5 Å². The number of halogens is 1. The van der Waals surface area contributed by atoms with Gasteiger partial charge in [-0.3, -0.25) is 0 Å². The van der Waals surface area contributed by atoms with Crippen molar-refractivity contribution in [1.82, 2.24) is 10.3 Å². The van der Waals surface area contributed by atoms with Crippen LogP contribution in [0.15, 0.2) is 29.6 Å². The standard InChI is InChI=1S/C15H19FN2O2S/c16-13-3-1-12(2-4-13)14-11-21-15(18-14)5-6-17-7-9-20-10-8-19/h1-4,11,17,19H,5-10H2. The first kappa shape index (κ1) is 16.0. The van der Waals surface area contributed by atoms with Crippen molar-refractivity contribution in [2.24, 2.45) is 0 Å². The van der Waals surface area contributed by atoms with Crippen LogP contribution in [0.3, 0.4) is 0 Å². The lowest BCUT2D eigenvalue weighted by Crippen LogP contribution is -2.22. The maximum atomic E-state index is 12.9. The molecule has 4 nitrogen and oxygen atoms in total. The van der Waals surface area contributed by atoms with E-state index in [4.69, 9.17) is 9.84 Å². The van der Waals surface area contributed by atoms with Crippen LogP contribution < -0.4 is 5.32 Å². The van der Waals surface area contributed by atoms with E-state index in [2.05, 4.69) is 10.3 Å². The minimum absolute atomic E-state index is 0.0608. The molecule has 114 valence electrons. The van der Waals surface area contributed by atoms with Crippen molar-refractivity contribution in [3.63, 3.8) is 0 Å². The predicted octanol–water partition coefficient (Wildman–Crippen LogP) is 2.09. The molecule has 1 heterocycles. The quantitative estimate of drug-likeness (QED) is 0.696. The van der Waals surface area contributed by atoms with E-state index >= 15 is 0 Å². The number of thiazole rings is 1. The lowest BCUT2D eigenvalue weighted by atomic mass is 10.2. The van der Waals surface area contributed by atoms with Crippen LogP contribution in [-0.2, 0) is 11.2 Å². The molecule has 0 aliphatic carbocycles. The number of benzene rings is 1. The monoisotopic (exact) mass is 310 g/mol. The third kappa shape index (κ3) is 5.51. The summed E-state index contributed by atoms with van der Waals surface area (Å²) < 4.78 is 18.0. The van der Waals surface area contributed by atoms with Gasteiger partial charge < -0.3 is 15.2 Å². The van der Waals surface area contributed by atoms with Crippen molar-refractivity contribution in [3.05, 3.63) is 40.5 Å². The molecule has 2 N–H and O–H groups in total. The molecule has 2 aromatic rings. The normalized spacial score (nSPS) is 11.0. The summed E-state index contributed by atoms with van der Waals surface area (Å²) in [5.41, 5.74) is 1.82. The zero-order valence-corrected chi connectivity index (χ0v) is 12.5. The Bertz CT molecular complexity index is 531. The number of nitrogens with one attached hydrogen (secondary N) is 1. The van der Waals surface area contributed by atoms with Crippen LogP contribution in [0.5, 0.6) is 0 Å². The van der Waals surface area contributed by atoms with Gasteiger partial charge in [-0.25, -0.2) is 9.37 Å². The van der Waals surface area contributed by atoms with E-state index in [-0.39, 0.29) is 12.4 Å². The van der Waals surface area contributed by atoms with E-state index < -0.39 is 0 Å². The number of aliphatic hydroxyl groups excluding tert-OH is 1. The number of rotatable bonds is 9.